The van der Waals surface area contributed by atoms with E-state index in [1.54, 1.807) is 12.1 Å². The van der Waals surface area contributed by atoms with E-state index in [2.05, 4.69) is 11.3 Å². The summed E-state index contributed by atoms with van der Waals surface area (Å²) < 4.78 is 32.6. The third-order valence-corrected chi connectivity index (χ3v) is 3.10. The maximum Gasteiger partial charge on any atom is 0.294 e. The average Bonchev–Trinajstić information content (AvgIpc) is 2.63. The summed E-state index contributed by atoms with van der Waals surface area (Å²) in [5.74, 6) is -0.130. The van der Waals surface area contributed by atoms with Crippen LogP contribution in [0.25, 0.3) is 0 Å². The molecule has 0 spiro atoms. The summed E-state index contributed by atoms with van der Waals surface area (Å²) in [5, 5.41) is 12.8. The Bertz CT molecular complexity index is 633. The van der Waals surface area contributed by atoms with Crippen molar-refractivity contribution in [1.29, 1.82) is 0 Å². The fourth-order valence-electron chi connectivity index (χ4n) is 1.46. The van der Waals surface area contributed by atoms with Crippen molar-refractivity contribution in [2.24, 2.45) is 0 Å². The quantitative estimate of drug-likeness (QED) is 0.785. The Balaban J connectivity index is 2.40. The average molecular weight is 253 g/mol. The van der Waals surface area contributed by atoms with E-state index in [9.17, 15) is 8.42 Å². The third kappa shape index (κ3) is 2.63. The highest BCUT2D eigenvalue weighted by Crippen LogP contribution is 2.16. The van der Waals surface area contributed by atoms with Crippen molar-refractivity contribution in [2.45, 2.75) is 11.4 Å². The van der Waals surface area contributed by atoms with Crippen LogP contribution < -0.4 is 0 Å². The van der Waals surface area contributed by atoms with E-state index in [1.807, 2.05) is 0 Å². The van der Waals surface area contributed by atoms with Crippen LogP contribution in [0.1, 0.15) is 5.56 Å². The molecule has 6 nitrogen and oxygen atoms in total. The maximum absolute atomic E-state index is 11.1. The van der Waals surface area contributed by atoms with Crippen LogP contribution in [0, 0.1) is 6.20 Å². The minimum absolute atomic E-state index is 0.118. The molecule has 0 bridgehead atoms. The molecule has 0 saturated carbocycles. The van der Waals surface area contributed by atoms with E-state index in [4.69, 9.17) is 9.66 Å². The highest BCUT2D eigenvalue weighted by Gasteiger charge is 2.14. The van der Waals surface area contributed by atoms with Gasteiger partial charge >= 0.3 is 0 Å². The zero-order valence-electron chi connectivity index (χ0n) is 8.61. The van der Waals surface area contributed by atoms with E-state index >= 15 is 0 Å². The van der Waals surface area contributed by atoms with Crippen molar-refractivity contribution in [3.8, 4) is 5.75 Å². The number of nitrogens with zero attached hydrogens (tertiary/aromatic N) is 2. The van der Waals surface area contributed by atoms with Gasteiger partial charge in [-0.2, -0.15) is 13.5 Å². The molecule has 7 heteroatoms. The first-order chi connectivity index (χ1) is 7.97. The van der Waals surface area contributed by atoms with Crippen LogP contribution in [-0.2, 0) is 16.7 Å². The number of aromatic hydroxyl groups is 1. The van der Waals surface area contributed by atoms with Crippen LogP contribution in [0.2, 0.25) is 0 Å². The summed E-state index contributed by atoms with van der Waals surface area (Å²) >= 11 is 0. The van der Waals surface area contributed by atoms with Crippen LogP contribution in [0.15, 0.2) is 35.4 Å². The van der Waals surface area contributed by atoms with Crippen molar-refractivity contribution >= 4 is 10.1 Å². The maximum atomic E-state index is 11.1. The zero-order chi connectivity index (χ0) is 12.5. The zero-order valence-corrected chi connectivity index (χ0v) is 9.42. The Morgan fingerprint density at radius 3 is 2.65 bits per heavy atom. The van der Waals surface area contributed by atoms with Gasteiger partial charge < -0.3 is 5.11 Å². The van der Waals surface area contributed by atoms with E-state index < -0.39 is 10.1 Å². The lowest BCUT2D eigenvalue weighted by Crippen LogP contribution is -2.07. The minimum atomic E-state index is -4.26. The lowest BCUT2D eigenvalue weighted by molar-refractivity contribution is 0.473. The molecule has 17 heavy (non-hydrogen) atoms. The molecule has 89 valence electrons. The molecule has 0 aliphatic carbocycles. The van der Waals surface area contributed by atoms with Gasteiger partial charge in [-0.3, -0.25) is 9.23 Å². The van der Waals surface area contributed by atoms with E-state index in [0.717, 1.165) is 0 Å². The van der Waals surface area contributed by atoms with Gasteiger partial charge in [-0.15, -0.1) is 0 Å². The van der Waals surface area contributed by atoms with Gasteiger partial charge in [-0.25, -0.2) is 0 Å². The summed E-state index contributed by atoms with van der Waals surface area (Å²) in [6.07, 6.45) is 3.61. The number of benzene rings is 1. The van der Waals surface area contributed by atoms with Crippen LogP contribution in [0.3, 0.4) is 0 Å². The summed E-state index contributed by atoms with van der Waals surface area (Å²) in [6, 6.07) is 6.02. The molecule has 2 N–H and O–H groups in total. The first-order valence-electron chi connectivity index (χ1n) is 4.66. The van der Waals surface area contributed by atoms with Crippen LogP contribution >= 0.6 is 0 Å². The number of aromatic nitrogens is 2. The largest absolute Gasteiger partial charge is 0.504 e. The van der Waals surface area contributed by atoms with Gasteiger partial charge in [-0.05, 0) is 11.6 Å². The van der Waals surface area contributed by atoms with Gasteiger partial charge in [0.1, 0.15) is 0 Å². The Morgan fingerprint density at radius 1 is 1.35 bits per heavy atom. The molecule has 0 fully saturated rings. The third-order valence-electron chi connectivity index (χ3n) is 2.15. The van der Waals surface area contributed by atoms with Crippen molar-refractivity contribution in [3.63, 3.8) is 0 Å². The molecule has 0 aliphatic rings. The summed E-state index contributed by atoms with van der Waals surface area (Å²) in [4.78, 5) is -0.171. The van der Waals surface area contributed by atoms with E-state index in [0.29, 0.717) is 5.56 Å². The van der Waals surface area contributed by atoms with Crippen molar-refractivity contribution < 1.29 is 18.1 Å². The van der Waals surface area contributed by atoms with Gasteiger partial charge in [0, 0.05) is 0 Å². The number of hydrogen-bond acceptors (Lipinski definition) is 4. The molecule has 0 atom stereocenters. The SMILES string of the molecule is O=S(=O)(O)c1ccccc1Cn1cc(O)[c]n1. The van der Waals surface area contributed by atoms with Crippen LogP contribution in [0.5, 0.6) is 5.75 Å². The Kier molecular flexibility index (Phi) is 2.86. The predicted octanol–water partition coefficient (Wildman–Crippen LogP) is 0.684. The molecule has 1 heterocycles. The minimum Gasteiger partial charge on any atom is -0.504 e. The van der Waals surface area contributed by atoms with Gasteiger partial charge in [0.15, 0.2) is 11.9 Å². The highest BCUT2D eigenvalue weighted by molar-refractivity contribution is 7.85. The summed E-state index contributed by atoms with van der Waals surface area (Å²) in [7, 11) is -4.26. The second kappa shape index (κ2) is 4.19. The van der Waals surface area contributed by atoms with E-state index in [1.165, 1.54) is 23.0 Å². The summed E-state index contributed by atoms with van der Waals surface area (Å²) in [5.41, 5.74) is 0.381. The lowest BCUT2D eigenvalue weighted by Gasteiger charge is -2.06. The van der Waals surface area contributed by atoms with Crippen LogP contribution in [-0.4, -0.2) is 27.9 Å². The van der Waals surface area contributed by atoms with Crippen molar-refractivity contribution in [1.82, 2.24) is 9.78 Å². The topological polar surface area (TPSA) is 92.4 Å². The Morgan fingerprint density at radius 2 is 2.06 bits per heavy atom. The number of rotatable bonds is 3. The molecule has 0 amide bonds. The normalized spacial score (nSPS) is 11.6. The van der Waals surface area contributed by atoms with Gasteiger partial charge in [0.05, 0.1) is 17.6 Å². The molecule has 0 saturated heterocycles. The second-order valence-electron chi connectivity index (χ2n) is 3.41. The van der Waals surface area contributed by atoms with Crippen LogP contribution in [0.4, 0.5) is 0 Å². The first kappa shape index (κ1) is 11.6. The molecule has 0 aliphatic heterocycles. The number of hydrogen-bond donors (Lipinski definition) is 2. The van der Waals surface area contributed by atoms with Crippen molar-refractivity contribution in [3.05, 3.63) is 42.2 Å². The Labute approximate surface area is 97.9 Å². The molecular formula is C10H9N2O4S. The van der Waals surface area contributed by atoms with E-state index in [-0.39, 0.29) is 17.2 Å². The lowest BCUT2D eigenvalue weighted by atomic mass is 10.2. The van der Waals surface area contributed by atoms with Gasteiger partial charge in [0.2, 0.25) is 0 Å². The second-order valence-corrected chi connectivity index (χ2v) is 4.80. The fraction of sp³-hybridized carbons (Fsp3) is 0.100. The monoisotopic (exact) mass is 253 g/mol. The molecule has 2 aromatic rings. The fourth-order valence-corrected chi connectivity index (χ4v) is 2.17. The molecule has 1 aromatic carbocycles. The van der Waals surface area contributed by atoms with Gasteiger partial charge in [-0.1, -0.05) is 18.2 Å². The predicted molar refractivity (Wildman–Crippen MR) is 58.1 cm³/mol. The Hall–Kier alpha value is -1.86. The smallest absolute Gasteiger partial charge is 0.294 e. The molecule has 0 unspecified atom stereocenters. The van der Waals surface area contributed by atoms with Crippen molar-refractivity contribution in [2.75, 3.05) is 0 Å². The molecule has 1 radical (unpaired) electrons. The molecular weight excluding hydrogens is 244 g/mol. The standard InChI is InChI=1S/C10H9N2O4S/c13-9-5-11-12(7-9)6-8-3-1-2-4-10(8)17(14,15)16/h1-4,7,13H,6H2,(H,14,15,16). The first-order valence-corrected chi connectivity index (χ1v) is 6.10. The molecule has 2 rings (SSSR count). The summed E-state index contributed by atoms with van der Waals surface area (Å²) in [6.45, 7) is 0.118. The highest BCUT2D eigenvalue weighted by atomic mass is 32.2. The molecule has 1 aromatic heterocycles. The van der Waals surface area contributed by atoms with Gasteiger partial charge in [0.25, 0.3) is 10.1 Å².